The Kier molecular flexibility index (Phi) is 4.04. The van der Waals surface area contributed by atoms with Crippen molar-refractivity contribution in [2.45, 2.75) is 13.0 Å². The van der Waals surface area contributed by atoms with Crippen LogP contribution in [0.2, 0.25) is 0 Å². The van der Waals surface area contributed by atoms with Gasteiger partial charge in [0.05, 0.1) is 11.4 Å². The summed E-state index contributed by atoms with van der Waals surface area (Å²) < 4.78 is 26.7. The number of amides is 1. The highest BCUT2D eigenvalue weighted by Crippen LogP contribution is 2.31. The van der Waals surface area contributed by atoms with E-state index in [-0.39, 0.29) is 18.9 Å². The number of rotatable bonds is 4. The number of nitrogens with zero attached hydrogens (tertiary/aromatic N) is 4. The van der Waals surface area contributed by atoms with Gasteiger partial charge in [0, 0.05) is 36.8 Å². The van der Waals surface area contributed by atoms with Crippen molar-refractivity contribution in [1.29, 1.82) is 0 Å². The Morgan fingerprint density at radius 2 is 2.28 bits per heavy atom. The molecule has 1 amide bonds. The number of aromatic nitrogens is 3. The van der Waals surface area contributed by atoms with Gasteiger partial charge in [-0.1, -0.05) is 6.07 Å². The van der Waals surface area contributed by atoms with E-state index in [1.165, 1.54) is 0 Å². The van der Waals surface area contributed by atoms with Crippen LogP contribution in [0.15, 0.2) is 48.1 Å². The van der Waals surface area contributed by atoms with Crippen LogP contribution in [0, 0.1) is 5.92 Å². The fourth-order valence-electron chi connectivity index (χ4n) is 3.13. The zero-order chi connectivity index (χ0) is 17.4. The van der Waals surface area contributed by atoms with Crippen LogP contribution in [0.5, 0.6) is 0 Å². The summed E-state index contributed by atoms with van der Waals surface area (Å²) in [6.07, 6.45) is 2.72. The number of thiophene rings is 1. The van der Waals surface area contributed by atoms with Crippen molar-refractivity contribution >= 4 is 22.9 Å². The van der Waals surface area contributed by atoms with Gasteiger partial charge in [-0.25, -0.2) is 9.50 Å². The molecule has 0 aromatic carbocycles. The van der Waals surface area contributed by atoms with Crippen LogP contribution in [-0.4, -0.2) is 31.9 Å². The molecule has 0 spiro atoms. The summed E-state index contributed by atoms with van der Waals surface area (Å²) >= 11 is 1.56. The molecule has 0 radical (unpaired) electrons. The van der Waals surface area contributed by atoms with E-state index in [2.05, 4.69) is 10.1 Å². The highest BCUT2D eigenvalue weighted by Gasteiger charge is 2.31. The fraction of sp³-hybridized carbons (Fsp3) is 0.235. The van der Waals surface area contributed by atoms with Crippen LogP contribution in [0.3, 0.4) is 0 Å². The second-order valence-electron chi connectivity index (χ2n) is 5.89. The van der Waals surface area contributed by atoms with E-state index in [0.29, 0.717) is 12.2 Å². The molecule has 5 nitrogen and oxygen atoms in total. The van der Waals surface area contributed by atoms with Crippen LogP contribution in [0.25, 0.3) is 16.2 Å². The van der Waals surface area contributed by atoms with E-state index < -0.39 is 12.0 Å². The molecule has 1 atom stereocenters. The number of fused-ring (bicyclic) bond motifs is 1. The zero-order valence-electron chi connectivity index (χ0n) is 13.1. The monoisotopic (exact) mass is 360 g/mol. The number of hydrogen-bond donors (Lipinski definition) is 0. The molecule has 0 bridgehead atoms. The van der Waals surface area contributed by atoms with Crippen LogP contribution in [0.1, 0.15) is 12.0 Å². The third-order valence-electron chi connectivity index (χ3n) is 4.20. The molecule has 4 heterocycles. The Labute approximate surface area is 146 Å². The maximum Gasteiger partial charge on any atom is 0.266 e. The normalized spacial score (nSPS) is 17.4. The molecule has 1 saturated heterocycles. The second kappa shape index (κ2) is 6.36. The van der Waals surface area contributed by atoms with E-state index in [1.807, 2.05) is 17.5 Å². The van der Waals surface area contributed by atoms with Crippen LogP contribution >= 0.6 is 11.3 Å². The fourth-order valence-corrected chi connectivity index (χ4v) is 3.86. The maximum absolute atomic E-state index is 12.5. The van der Waals surface area contributed by atoms with Gasteiger partial charge >= 0.3 is 0 Å². The highest BCUT2D eigenvalue weighted by atomic mass is 32.1. The molecule has 0 saturated carbocycles. The van der Waals surface area contributed by atoms with Gasteiger partial charge in [0.25, 0.3) is 6.08 Å². The molecule has 8 heteroatoms. The first-order valence-corrected chi connectivity index (χ1v) is 8.66. The minimum absolute atomic E-state index is 0.109. The van der Waals surface area contributed by atoms with Gasteiger partial charge in [0.15, 0.2) is 5.65 Å². The second-order valence-corrected chi connectivity index (χ2v) is 6.83. The van der Waals surface area contributed by atoms with Crippen molar-refractivity contribution in [2.24, 2.45) is 5.92 Å². The first-order valence-electron chi connectivity index (χ1n) is 7.78. The molecule has 1 unspecified atom stereocenters. The average Bonchev–Trinajstić information content (AvgIpc) is 3.27. The van der Waals surface area contributed by atoms with Crippen LogP contribution in [0.4, 0.5) is 8.78 Å². The Balaban J connectivity index is 1.71. The van der Waals surface area contributed by atoms with E-state index in [0.717, 1.165) is 22.2 Å². The smallest absolute Gasteiger partial charge is 0.266 e. The molecule has 1 aliphatic rings. The number of halogens is 2. The quantitative estimate of drug-likeness (QED) is 0.714. The summed E-state index contributed by atoms with van der Waals surface area (Å²) in [6, 6.07) is 5.69. The zero-order valence-corrected chi connectivity index (χ0v) is 13.9. The SMILES string of the molecule is O=C1CC(C=C(F)F)CN1Cc1c(-c2cccs2)nn2cccnc12. The lowest BCUT2D eigenvalue weighted by Gasteiger charge is -2.15. The molecule has 1 fully saturated rings. The Morgan fingerprint density at radius 1 is 1.40 bits per heavy atom. The molecular weight excluding hydrogens is 346 g/mol. The van der Waals surface area contributed by atoms with Crippen molar-refractivity contribution in [2.75, 3.05) is 6.54 Å². The van der Waals surface area contributed by atoms with Gasteiger partial charge < -0.3 is 4.90 Å². The summed E-state index contributed by atoms with van der Waals surface area (Å²) in [7, 11) is 0. The number of carbonyl (C=O) groups is 1. The lowest BCUT2D eigenvalue weighted by Crippen LogP contribution is -2.24. The van der Waals surface area contributed by atoms with Crippen molar-refractivity contribution in [3.8, 4) is 10.6 Å². The van der Waals surface area contributed by atoms with E-state index in [4.69, 9.17) is 0 Å². The number of hydrogen-bond acceptors (Lipinski definition) is 4. The van der Waals surface area contributed by atoms with Gasteiger partial charge in [-0.05, 0) is 23.6 Å². The van der Waals surface area contributed by atoms with Crippen LogP contribution in [-0.2, 0) is 11.3 Å². The van der Waals surface area contributed by atoms with Crippen molar-refractivity contribution in [3.05, 3.63) is 53.7 Å². The molecule has 128 valence electrons. The van der Waals surface area contributed by atoms with Crippen molar-refractivity contribution in [3.63, 3.8) is 0 Å². The predicted octanol–water partition coefficient (Wildman–Crippen LogP) is 3.59. The summed E-state index contributed by atoms with van der Waals surface area (Å²) in [5.74, 6) is -0.576. The average molecular weight is 360 g/mol. The van der Waals surface area contributed by atoms with Crippen LogP contribution < -0.4 is 0 Å². The summed E-state index contributed by atoms with van der Waals surface area (Å²) in [5.41, 5.74) is 2.29. The van der Waals surface area contributed by atoms with Gasteiger partial charge in [0.1, 0.15) is 5.69 Å². The molecular formula is C17H14F2N4OS. The maximum atomic E-state index is 12.5. The van der Waals surface area contributed by atoms with E-state index >= 15 is 0 Å². The first kappa shape index (κ1) is 15.9. The third kappa shape index (κ3) is 3.05. The minimum Gasteiger partial charge on any atom is -0.338 e. The molecule has 0 N–H and O–H groups in total. The van der Waals surface area contributed by atoms with Crippen molar-refractivity contribution < 1.29 is 13.6 Å². The van der Waals surface area contributed by atoms with Gasteiger partial charge in [-0.3, -0.25) is 4.79 Å². The first-order chi connectivity index (χ1) is 12.1. The van der Waals surface area contributed by atoms with E-state index in [9.17, 15) is 13.6 Å². The number of likely N-dealkylation sites (tertiary alicyclic amines) is 1. The molecule has 0 aliphatic carbocycles. The molecule has 3 aromatic rings. The van der Waals surface area contributed by atoms with Gasteiger partial charge in [0.2, 0.25) is 5.91 Å². The summed E-state index contributed by atoms with van der Waals surface area (Å²) in [4.78, 5) is 19.2. The Bertz CT molecular complexity index is 947. The molecule has 3 aromatic heterocycles. The predicted molar refractivity (Wildman–Crippen MR) is 90.1 cm³/mol. The molecule has 1 aliphatic heterocycles. The van der Waals surface area contributed by atoms with Gasteiger partial charge in [-0.2, -0.15) is 13.9 Å². The third-order valence-corrected chi connectivity index (χ3v) is 5.08. The topological polar surface area (TPSA) is 50.5 Å². The van der Waals surface area contributed by atoms with Crippen molar-refractivity contribution in [1.82, 2.24) is 19.5 Å². The standard InChI is InChI=1S/C17H14F2N4OS/c18-14(19)7-11-8-15(24)22(9-11)10-12-16(13-3-1-6-25-13)21-23-5-2-4-20-17(12)23/h1-7,11H,8-10H2. The minimum atomic E-state index is -1.74. The Hall–Kier alpha value is -2.61. The molecule has 25 heavy (non-hydrogen) atoms. The lowest BCUT2D eigenvalue weighted by molar-refractivity contribution is -0.128. The largest absolute Gasteiger partial charge is 0.338 e. The summed E-state index contributed by atoms with van der Waals surface area (Å²) in [5, 5.41) is 6.55. The number of carbonyl (C=O) groups excluding carboxylic acids is 1. The Morgan fingerprint density at radius 3 is 3.04 bits per heavy atom. The van der Waals surface area contributed by atoms with E-state index in [1.54, 1.807) is 39.2 Å². The lowest BCUT2D eigenvalue weighted by atomic mass is 10.1. The molecule has 4 rings (SSSR count). The summed E-state index contributed by atoms with van der Waals surface area (Å²) in [6.45, 7) is 0.592. The highest BCUT2D eigenvalue weighted by molar-refractivity contribution is 7.13. The van der Waals surface area contributed by atoms with Gasteiger partial charge in [-0.15, -0.1) is 11.3 Å².